The Bertz CT molecular complexity index is 518. The van der Waals surface area contributed by atoms with Gasteiger partial charge >= 0.3 is 0 Å². The number of hydrogen-bond donors (Lipinski definition) is 0. The molecule has 0 aliphatic heterocycles. The number of benzene rings is 2. The standard InChI is InChI=1S/C13H9NOS/c15-10-14-16-13-9-5-4-8-12(13)11-6-2-1-3-7-11/h1-9H. The van der Waals surface area contributed by atoms with Crippen LogP contribution in [0.3, 0.4) is 0 Å². The van der Waals surface area contributed by atoms with Gasteiger partial charge in [-0.3, -0.25) is 0 Å². The fourth-order valence-corrected chi connectivity index (χ4v) is 2.03. The predicted octanol–water partition coefficient (Wildman–Crippen LogP) is 3.70. The van der Waals surface area contributed by atoms with Crippen LogP contribution in [0.1, 0.15) is 0 Å². The molecular formula is C13H9NOS. The second kappa shape index (κ2) is 5.31. The van der Waals surface area contributed by atoms with Crippen molar-refractivity contribution >= 4 is 18.0 Å². The van der Waals surface area contributed by atoms with Crippen molar-refractivity contribution in [2.24, 2.45) is 4.40 Å². The predicted molar refractivity (Wildman–Crippen MR) is 65.9 cm³/mol. The van der Waals surface area contributed by atoms with Crippen molar-refractivity contribution in [1.82, 2.24) is 0 Å². The highest BCUT2D eigenvalue weighted by Gasteiger charge is 2.03. The first-order valence-corrected chi connectivity index (χ1v) is 5.58. The van der Waals surface area contributed by atoms with Gasteiger partial charge in [-0.05, 0) is 17.2 Å². The summed E-state index contributed by atoms with van der Waals surface area (Å²) < 4.78 is 3.54. The molecule has 0 radical (unpaired) electrons. The van der Waals surface area contributed by atoms with Gasteiger partial charge in [-0.25, -0.2) is 4.79 Å². The van der Waals surface area contributed by atoms with E-state index in [0.717, 1.165) is 28.0 Å². The average molecular weight is 227 g/mol. The molecule has 2 rings (SSSR count). The molecule has 78 valence electrons. The lowest BCUT2D eigenvalue weighted by molar-refractivity contribution is 0.566. The maximum Gasteiger partial charge on any atom is 0.247 e. The third-order valence-electron chi connectivity index (χ3n) is 2.15. The van der Waals surface area contributed by atoms with Crippen molar-refractivity contribution in [3.63, 3.8) is 0 Å². The molecule has 0 saturated heterocycles. The summed E-state index contributed by atoms with van der Waals surface area (Å²) in [4.78, 5) is 11.1. The molecule has 0 unspecified atom stereocenters. The SMILES string of the molecule is O=C=NSc1ccccc1-c1ccccc1. The summed E-state index contributed by atoms with van der Waals surface area (Å²) >= 11 is 1.14. The Kier molecular flexibility index (Phi) is 3.54. The number of carbonyl (C=O) groups excluding carboxylic acids is 1. The van der Waals surface area contributed by atoms with Crippen LogP contribution < -0.4 is 0 Å². The maximum absolute atomic E-state index is 10.1. The number of hydrogen-bond acceptors (Lipinski definition) is 3. The molecule has 0 bridgehead atoms. The van der Waals surface area contributed by atoms with E-state index < -0.39 is 0 Å². The summed E-state index contributed by atoms with van der Waals surface area (Å²) in [6.45, 7) is 0. The van der Waals surface area contributed by atoms with E-state index in [1.807, 2.05) is 54.6 Å². The van der Waals surface area contributed by atoms with Crippen molar-refractivity contribution in [2.75, 3.05) is 0 Å². The number of isocyanates is 1. The second-order valence-corrected chi connectivity index (χ2v) is 3.94. The molecule has 2 aromatic rings. The smallest absolute Gasteiger partial charge is 0.210 e. The van der Waals surface area contributed by atoms with Crippen molar-refractivity contribution < 1.29 is 4.79 Å². The van der Waals surface area contributed by atoms with Crippen LogP contribution in [-0.2, 0) is 4.79 Å². The van der Waals surface area contributed by atoms with Gasteiger partial charge in [0.15, 0.2) is 0 Å². The third-order valence-corrected chi connectivity index (χ3v) is 2.87. The Balaban J connectivity index is 2.44. The van der Waals surface area contributed by atoms with Crippen LogP contribution in [0.15, 0.2) is 63.9 Å². The van der Waals surface area contributed by atoms with Crippen LogP contribution in [0.25, 0.3) is 11.1 Å². The number of rotatable bonds is 3. The highest BCUT2D eigenvalue weighted by atomic mass is 32.2. The normalized spacial score (nSPS) is 9.50. The van der Waals surface area contributed by atoms with Gasteiger partial charge in [-0.1, -0.05) is 48.5 Å². The van der Waals surface area contributed by atoms with E-state index in [1.165, 1.54) is 6.08 Å². The molecule has 0 spiro atoms. The Morgan fingerprint density at radius 1 is 0.938 bits per heavy atom. The summed E-state index contributed by atoms with van der Waals surface area (Å²) in [7, 11) is 0. The summed E-state index contributed by atoms with van der Waals surface area (Å²) in [5.74, 6) is 0. The second-order valence-electron chi connectivity index (χ2n) is 3.14. The first-order valence-electron chi connectivity index (χ1n) is 4.80. The minimum Gasteiger partial charge on any atom is -0.210 e. The maximum atomic E-state index is 10.1. The quantitative estimate of drug-likeness (QED) is 0.454. The lowest BCUT2D eigenvalue weighted by Gasteiger charge is -2.05. The van der Waals surface area contributed by atoms with Gasteiger partial charge in [0.25, 0.3) is 0 Å². The van der Waals surface area contributed by atoms with Crippen LogP contribution >= 0.6 is 11.9 Å². The van der Waals surface area contributed by atoms with Gasteiger partial charge < -0.3 is 0 Å². The highest BCUT2D eigenvalue weighted by molar-refractivity contribution is 7.98. The molecule has 0 aromatic heterocycles. The van der Waals surface area contributed by atoms with E-state index in [1.54, 1.807) is 0 Å². The highest BCUT2D eigenvalue weighted by Crippen LogP contribution is 2.31. The molecular weight excluding hydrogens is 218 g/mol. The van der Waals surface area contributed by atoms with Crippen LogP contribution in [-0.4, -0.2) is 6.08 Å². The summed E-state index contributed by atoms with van der Waals surface area (Å²) in [5, 5.41) is 0. The van der Waals surface area contributed by atoms with Crippen LogP contribution in [0.5, 0.6) is 0 Å². The van der Waals surface area contributed by atoms with Crippen molar-refractivity contribution in [1.29, 1.82) is 0 Å². The summed E-state index contributed by atoms with van der Waals surface area (Å²) in [5.41, 5.74) is 2.19. The minimum absolute atomic E-state index is 0.956. The molecule has 0 amide bonds. The largest absolute Gasteiger partial charge is 0.247 e. The van der Waals surface area contributed by atoms with Gasteiger partial charge in [0.1, 0.15) is 0 Å². The number of nitrogens with zero attached hydrogens (tertiary/aromatic N) is 1. The van der Waals surface area contributed by atoms with E-state index in [2.05, 4.69) is 4.40 Å². The van der Waals surface area contributed by atoms with Crippen LogP contribution in [0, 0.1) is 0 Å². The molecule has 0 aliphatic rings. The van der Waals surface area contributed by atoms with E-state index in [0.29, 0.717) is 0 Å². The summed E-state index contributed by atoms with van der Waals surface area (Å²) in [6.07, 6.45) is 1.53. The van der Waals surface area contributed by atoms with Gasteiger partial charge in [0.2, 0.25) is 6.08 Å². The van der Waals surface area contributed by atoms with Gasteiger partial charge in [-0.15, -0.1) is 4.40 Å². The Hall–Kier alpha value is -1.83. The fourth-order valence-electron chi connectivity index (χ4n) is 1.47. The molecule has 2 nitrogen and oxygen atoms in total. The zero-order chi connectivity index (χ0) is 11.2. The zero-order valence-corrected chi connectivity index (χ0v) is 9.28. The molecule has 2 aromatic carbocycles. The monoisotopic (exact) mass is 227 g/mol. The topological polar surface area (TPSA) is 29.4 Å². The Morgan fingerprint density at radius 3 is 2.38 bits per heavy atom. The van der Waals surface area contributed by atoms with Crippen LogP contribution in [0.2, 0.25) is 0 Å². The Morgan fingerprint density at radius 2 is 1.62 bits per heavy atom. The minimum atomic E-state index is 0.956. The van der Waals surface area contributed by atoms with Gasteiger partial charge in [-0.2, -0.15) is 0 Å². The van der Waals surface area contributed by atoms with Crippen molar-refractivity contribution in [2.45, 2.75) is 4.90 Å². The molecule has 0 N–H and O–H groups in total. The fraction of sp³-hybridized carbons (Fsp3) is 0. The van der Waals surface area contributed by atoms with E-state index in [9.17, 15) is 4.79 Å². The third kappa shape index (κ3) is 2.40. The molecule has 0 atom stereocenters. The van der Waals surface area contributed by atoms with Crippen LogP contribution in [0.4, 0.5) is 0 Å². The molecule has 0 saturated carbocycles. The molecule has 0 heterocycles. The van der Waals surface area contributed by atoms with Gasteiger partial charge in [0, 0.05) is 16.8 Å². The van der Waals surface area contributed by atoms with Crippen molar-refractivity contribution in [3.8, 4) is 11.1 Å². The molecule has 0 aliphatic carbocycles. The van der Waals surface area contributed by atoms with E-state index in [4.69, 9.17) is 0 Å². The summed E-state index contributed by atoms with van der Waals surface area (Å²) in [6, 6.07) is 17.9. The first kappa shape index (κ1) is 10.7. The molecule has 0 fully saturated rings. The molecule has 3 heteroatoms. The average Bonchev–Trinajstić information content (AvgIpc) is 2.38. The first-order chi connectivity index (χ1) is 7.92. The zero-order valence-electron chi connectivity index (χ0n) is 8.46. The molecule has 16 heavy (non-hydrogen) atoms. The Labute approximate surface area is 98.2 Å². The van der Waals surface area contributed by atoms with E-state index in [-0.39, 0.29) is 0 Å². The van der Waals surface area contributed by atoms with Gasteiger partial charge in [0.05, 0.1) is 0 Å². The lowest BCUT2D eigenvalue weighted by Crippen LogP contribution is -1.80. The van der Waals surface area contributed by atoms with E-state index >= 15 is 0 Å². The lowest BCUT2D eigenvalue weighted by atomic mass is 10.1. The van der Waals surface area contributed by atoms with Crippen molar-refractivity contribution in [3.05, 3.63) is 54.6 Å².